The molecule has 1 N–H and O–H groups in total. The number of hydrogen-bond donors (Lipinski definition) is 1. The average Bonchev–Trinajstić information content (AvgIpc) is 2.78. The number of rotatable bonds is 4. The van der Waals surface area contributed by atoms with E-state index in [1.54, 1.807) is 0 Å². The van der Waals surface area contributed by atoms with Crippen molar-refractivity contribution in [3.63, 3.8) is 0 Å². The molecule has 0 unspecified atom stereocenters. The van der Waals surface area contributed by atoms with Gasteiger partial charge in [-0.2, -0.15) is 0 Å². The molecule has 2 aliphatic rings. The van der Waals surface area contributed by atoms with E-state index < -0.39 is 0 Å². The second kappa shape index (κ2) is 11.6. The molecule has 6 nitrogen and oxygen atoms in total. The summed E-state index contributed by atoms with van der Waals surface area (Å²) in [5, 5.41) is 4.29. The van der Waals surface area contributed by atoms with Crippen molar-refractivity contribution in [1.82, 2.24) is 20.2 Å². The van der Waals surface area contributed by atoms with Gasteiger partial charge in [0, 0.05) is 31.9 Å². The molecule has 0 atom stereocenters. The fourth-order valence-corrected chi connectivity index (χ4v) is 4.71. The molecule has 1 aliphatic carbocycles. The molecule has 6 heteroatoms. The van der Waals surface area contributed by atoms with Crippen LogP contribution in [0.15, 0.2) is 24.3 Å². The summed E-state index contributed by atoms with van der Waals surface area (Å²) in [5.74, 6) is 3.99. The second-order valence-corrected chi connectivity index (χ2v) is 9.95. The van der Waals surface area contributed by atoms with Crippen molar-refractivity contribution in [2.24, 2.45) is 17.8 Å². The largest absolute Gasteiger partial charge is 0.362 e. The summed E-state index contributed by atoms with van der Waals surface area (Å²) in [6, 6.07) is 8.06. The minimum atomic E-state index is 0.267. The number of benzene rings is 1. The molecule has 0 radical (unpaired) electrons. The van der Waals surface area contributed by atoms with E-state index in [4.69, 9.17) is 0 Å². The highest BCUT2D eigenvalue weighted by atomic mass is 16.1. The van der Waals surface area contributed by atoms with Crippen LogP contribution < -0.4 is 10.2 Å². The fraction of sp³-hybridized carbons (Fsp3) is 0.654. The zero-order valence-corrected chi connectivity index (χ0v) is 20.6. The molecular weight excluding hydrogens is 398 g/mol. The van der Waals surface area contributed by atoms with Gasteiger partial charge in [0.15, 0.2) is 0 Å². The minimum absolute atomic E-state index is 0.267. The molecule has 2 fully saturated rings. The van der Waals surface area contributed by atoms with Gasteiger partial charge in [0.25, 0.3) is 0 Å². The molecule has 176 valence electrons. The smallest absolute Gasteiger partial charge is 0.223 e. The topological polar surface area (TPSA) is 61.4 Å². The summed E-state index contributed by atoms with van der Waals surface area (Å²) >= 11 is 0. The minimum Gasteiger partial charge on any atom is -0.362 e. The molecule has 4 rings (SSSR count). The van der Waals surface area contributed by atoms with E-state index in [0.29, 0.717) is 5.91 Å². The van der Waals surface area contributed by atoms with Crippen LogP contribution in [0.1, 0.15) is 51.3 Å². The Labute approximate surface area is 193 Å². The van der Waals surface area contributed by atoms with Crippen molar-refractivity contribution in [2.45, 2.75) is 52.4 Å². The standard InChI is InChI=1S/C15H28N2O.C11H13N3/c1-12-3-5-13(6-4-12)11-16-15(18)14-7-9-17(2)10-8-14;1-8-12-10-7-5-4-6-9(10)11(13-8)14(2)3/h12-14H,3-11H2,1-2H3,(H,16,18);4-7H,1-3H3. The van der Waals surface area contributed by atoms with Crippen LogP contribution in [0.25, 0.3) is 10.9 Å². The average molecular weight is 440 g/mol. The van der Waals surface area contributed by atoms with E-state index in [1.807, 2.05) is 50.2 Å². The van der Waals surface area contributed by atoms with Gasteiger partial charge in [-0.3, -0.25) is 4.79 Å². The van der Waals surface area contributed by atoms with Crippen LogP contribution in [-0.2, 0) is 4.79 Å². The molecule has 1 saturated carbocycles. The van der Waals surface area contributed by atoms with Crippen LogP contribution >= 0.6 is 0 Å². The first kappa shape index (κ1) is 24.4. The third-order valence-electron chi connectivity index (χ3n) is 6.91. The van der Waals surface area contributed by atoms with E-state index in [9.17, 15) is 4.79 Å². The lowest BCUT2D eigenvalue weighted by Gasteiger charge is -2.30. The Bertz CT molecular complexity index is 868. The molecule has 2 heterocycles. The third-order valence-corrected chi connectivity index (χ3v) is 6.91. The highest BCUT2D eigenvalue weighted by Gasteiger charge is 2.24. The first-order chi connectivity index (χ1) is 15.3. The molecule has 1 aromatic heterocycles. The third kappa shape index (κ3) is 6.89. The maximum absolute atomic E-state index is 12.1. The van der Waals surface area contributed by atoms with Gasteiger partial charge in [0.1, 0.15) is 11.6 Å². The number of anilines is 1. The number of aromatic nitrogens is 2. The lowest BCUT2D eigenvalue weighted by atomic mass is 9.83. The number of fused-ring (bicyclic) bond motifs is 1. The predicted molar refractivity (Wildman–Crippen MR) is 133 cm³/mol. The van der Waals surface area contributed by atoms with Crippen molar-refractivity contribution in [1.29, 1.82) is 0 Å². The molecule has 0 spiro atoms. The van der Waals surface area contributed by atoms with E-state index in [2.05, 4.69) is 34.2 Å². The van der Waals surface area contributed by atoms with E-state index >= 15 is 0 Å². The first-order valence-electron chi connectivity index (χ1n) is 12.2. The lowest BCUT2D eigenvalue weighted by Crippen LogP contribution is -2.40. The Kier molecular flexibility index (Phi) is 8.85. The van der Waals surface area contributed by atoms with Gasteiger partial charge in [0.05, 0.1) is 5.52 Å². The molecule has 2 aromatic rings. The SMILES string of the molecule is CC1CCC(CNC(=O)C2CCN(C)CC2)CC1.Cc1nc(N(C)C)c2ccccc2n1. The quantitative estimate of drug-likeness (QED) is 0.771. The Morgan fingerprint density at radius 1 is 1.06 bits per heavy atom. The highest BCUT2D eigenvalue weighted by molar-refractivity contribution is 5.89. The number of likely N-dealkylation sites (tertiary alicyclic amines) is 1. The summed E-state index contributed by atoms with van der Waals surface area (Å²) in [7, 11) is 6.12. The van der Waals surface area contributed by atoms with Crippen molar-refractivity contribution in [3.05, 3.63) is 30.1 Å². The summed E-state index contributed by atoms with van der Waals surface area (Å²) in [4.78, 5) is 25.2. The van der Waals surface area contributed by atoms with Gasteiger partial charge in [-0.15, -0.1) is 0 Å². The first-order valence-corrected chi connectivity index (χ1v) is 12.2. The monoisotopic (exact) mass is 439 g/mol. The van der Waals surface area contributed by atoms with Crippen molar-refractivity contribution in [2.75, 3.05) is 45.7 Å². The molecule has 1 aromatic carbocycles. The van der Waals surface area contributed by atoms with Gasteiger partial charge < -0.3 is 15.1 Å². The van der Waals surface area contributed by atoms with E-state index in [0.717, 1.165) is 66.9 Å². The van der Waals surface area contributed by atoms with Crippen molar-refractivity contribution in [3.8, 4) is 0 Å². The zero-order chi connectivity index (χ0) is 23.1. The van der Waals surface area contributed by atoms with E-state index in [1.165, 1.54) is 25.7 Å². The molecule has 32 heavy (non-hydrogen) atoms. The lowest BCUT2D eigenvalue weighted by molar-refractivity contribution is -0.126. The highest BCUT2D eigenvalue weighted by Crippen LogP contribution is 2.28. The number of carbonyl (C=O) groups excluding carboxylic acids is 1. The maximum atomic E-state index is 12.1. The number of piperidine rings is 1. The number of aryl methyl sites for hydroxylation is 1. The number of amides is 1. The molecule has 1 amide bonds. The number of para-hydroxylation sites is 1. The van der Waals surface area contributed by atoms with E-state index in [-0.39, 0.29) is 5.92 Å². The van der Waals surface area contributed by atoms with Crippen LogP contribution in [0.4, 0.5) is 5.82 Å². The van der Waals surface area contributed by atoms with Crippen LogP contribution in [0.3, 0.4) is 0 Å². The molecule has 0 bridgehead atoms. The van der Waals surface area contributed by atoms with Gasteiger partial charge in [0.2, 0.25) is 5.91 Å². The molecule has 1 aliphatic heterocycles. The number of nitrogens with zero attached hydrogens (tertiary/aromatic N) is 4. The van der Waals surface area contributed by atoms with Crippen LogP contribution in [-0.4, -0.2) is 61.6 Å². The maximum Gasteiger partial charge on any atom is 0.223 e. The zero-order valence-electron chi connectivity index (χ0n) is 20.6. The van der Waals surface area contributed by atoms with Gasteiger partial charge in [-0.25, -0.2) is 9.97 Å². The number of hydrogen-bond acceptors (Lipinski definition) is 5. The Balaban J connectivity index is 0.000000186. The number of nitrogens with one attached hydrogen (secondary N) is 1. The second-order valence-electron chi connectivity index (χ2n) is 9.95. The van der Waals surface area contributed by atoms with Crippen LogP contribution in [0.2, 0.25) is 0 Å². The van der Waals surface area contributed by atoms with Crippen molar-refractivity contribution < 1.29 is 4.79 Å². The van der Waals surface area contributed by atoms with Crippen LogP contribution in [0.5, 0.6) is 0 Å². The Morgan fingerprint density at radius 2 is 1.72 bits per heavy atom. The van der Waals surface area contributed by atoms with Crippen LogP contribution in [0, 0.1) is 24.7 Å². The van der Waals surface area contributed by atoms with Crippen molar-refractivity contribution >= 4 is 22.6 Å². The molecule has 1 saturated heterocycles. The summed E-state index contributed by atoms with van der Waals surface area (Å²) in [6.45, 7) is 7.31. The molecular formula is C26H41N5O. The summed E-state index contributed by atoms with van der Waals surface area (Å²) in [5.41, 5.74) is 1.00. The van der Waals surface area contributed by atoms with Gasteiger partial charge >= 0.3 is 0 Å². The van der Waals surface area contributed by atoms with Gasteiger partial charge in [-0.1, -0.05) is 31.9 Å². The fourth-order valence-electron chi connectivity index (χ4n) is 4.71. The van der Waals surface area contributed by atoms with Gasteiger partial charge in [-0.05, 0) is 76.7 Å². The summed E-state index contributed by atoms with van der Waals surface area (Å²) in [6.07, 6.45) is 7.35. The number of carbonyl (C=O) groups is 1. The normalized spacial score (nSPS) is 22.2. The Morgan fingerprint density at radius 3 is 2.38 bits per heavy atom. The predicted octanol–water partition coefficient (Wildman–Crippen LogP) is 4.27. The summed E-state index contributed by atoms with van der Waals surface area (Å²) < 4.78 is 0. The Hall–Kier alpha value is -2.21.